The number of thiophene rings is 1. The van der Waals surface area contributed by atoms with E-state index in [4.69, 9.17) is 0 Å². The largest absolute Gasteiger partial charge is 0.351 e. The summed E-state index contributed by atoms with van der Waals surface area (Å²) in [5.74, 6) is -0.172. The zero-order valence-corrected chi connectivity index (χ0v) is 18.6. The number of carbonyl (C=O) groups is 1. The molecule has 1 amide bonds. The van der Waals surface area contributed by atoms with Crippen LogP contribution in [0.15, 0.2) is 63.5 Å². The molecular weight excluding hydrogens is 426 g/mol. The Morgan fingerprint density at radius 3 is 2.59 bits per heavy atom. The van der Waals surface area contributed by atoms with E-state index in [1.54, 1.807) is 41.7 Å². The third-order valence-corrected chi connectivity index (χ3v) is 6.16. The van der Waals surface area contributed by atoms with E-state index in [-0.39, 0.29) is 42.0 Å². The monoisotopic (exact) mass is 449 g/mol. The predicted octanol–water partition coefficient (Wildman–Crippen LogP) is 2.59. The van der Waals surface area contributed by atoms with Gasteiger partial charge in [-0.2, -0.15) is 10.2 Å². The minimum atomic E-state index is -0.305. The summed E-state index contributed by atoms with van der Waals surface area (Å²) < 4.78 is 1.40. The zero-order chi connectivity index (χ0) is 22.7. The average molecular weight is 450 g/mol. The topological polar surface area (TPSA) is 110 Å². The third kappa shape index (κ3) is 4.67. The minimum absolute atomic E-state index is 0.0120. The molecule has 0 unspecified atom stereocenters. The first kappa shape index (κ1) is 21.6. The fourth-order valence-corrected chi connectivity index (χ4v) is 4.15. The summed E-state index contributed by atoms with van der Waals surface area (Å²) in [6, 6.07) is 13.8. The van der Waals surface area contributed by atoms with Gasteiger partial charge in [0.1, 0.15) is 5.69 Å². The maximum atomic E-state index is 12.8. The Bertz CT molecular complexity index is 1360. The number of hydrogen-bond donors (Lipinski definition) is 2. The number of hydrogen-bond acceptors (Lipinski definition) is 6. The van der Waals surface area contributed by atoms with Gasteiger partial charge < -0.3 is 5.32 Å². The molecule has 0 fully saturated rings. The normalized spacial score (nSPS) is 12.2. The second-order valence-electron chi connectivity index (χ2n) is 7.86. The van der Waals surface area contributed by atoms with E-state index in [0.717, 1.165) is 10.6 Å². The van der Waals surface area contributed by atoms with Crippen molar-refractivity contribution < 1.29 is 4.79 Å². The van der Waals surface area contributed by atoms with Gasteiger partial charge in [0.15, 0.2) is 0 Å². The standard InChI is InChI=1S/C23H23N5O3S/c1-14(2)19(13-28-22(30)10-9-17(27-28)20-8-5-11-32-20)24-21(29)12-18-15-6-3-4-7-16(15)23(31)26-25-18/h3-11,14,19H,12-13H2,1-2H3,(H,24,29)(H,26,31)/t19-/m1/s1. The van der Waals surface area contributed by atoms with Crippen LogP contribution >= 0.6 is 11.3 Å². The molecule has 2 N–H and O–H groups in total. The number of fused-ring (bicyclic) bond motifs is 1. The van der Waals surface area contributed by atoms with Crippen LogP contribution in [0.5, 0.6) is 0 Å². The third-order valence-electron chi connectivity index (χ3n) is 5.26. The van der Waals surface area contributed by atoms with Crippen LogP contribution in [0.1, 0.15) is 19.5 Å². The summed E-state index contributed by atoms with van der Waals surface area (Å²) in [5.41, 5.74) is 0.701. The summed E-state index contributed by atoms with van der Waals surface area (Å²) in [7, 11) is 0. The highest BCUT2D eigenvalue weighted by Gasteiger charge is 2.20. The van der Waals surface area contributed by atoms with Gasteiger partial charge in [-0.1, -0.05) is 38.1 Å². The number of H-pyrrole nitrogens is 1. The molecule has 1 aromatic carbocycles. The van der Waals surface area contributed by atoms with Crippen LogP contribution in [0.4, 0.5) is 0 Å². The highest BCUT2D eigenvalue weighted by atomic mass is 32.1. The Balaban J connectivity index is 1.53. The summed E-state index contributed by atoms with van der Waals surface area (Å²) in [6.45, 7) is 4.21. The summed E-state index contributed by atoms with van der Waals surface area (Å²) in [6.07, 6.45) is 0.0120. The van der Waals surface area contributed by atoms with Crippen molar-refractivity contribution in [3.8, 4) is 10.6 Å². The molecule has 0 spiro atoms. The van der Waals surface area contributed by atoms with Crippen LogP contribution < -0.4 is 16.4 Å². The molecule has 164 valence electrons. The number of aromatic nitrogens is 4. The van der Waals surface area contributed by atoms with Gasteiger partial charge in [0.05, 0.1) is 35.0 Å². The van der Waals surface area contributed by atoms with Gasteiger partial charge in [0.2, 0.25) is 5.91 Å². The lowest BCUT2D eigenvalue weighted by Gasteiger charge is -2.23. The van der Waals surface area contributed by atoms with Gasteiger partial charge >= 0.3 is 0 Å². The minimum Gasteiger partial charge on any atom is -0.351 e. The molecule has 3 heterocycles. The highest BCUT2D eigenvalue weighted by molar-refractivity contribution is 7.13. The van der Waals surface area contributed by atoms with Crippen LogP contribution in [-0.4, -0.2) is 31.9 Å². The van der Waals surface area contributed by atoms with Gasteiger partial charge in [0, 0.05) is 11.5 Å². The van der Waals surface area contributed by atoms with E-state index in [9.17, 15) is 14.4 Å². The number of rotatable bonds is 7. The summed E-state index contributed by atoms with van der Waals surface area (Å²) in [5, 5.41) is 17.1. The number of carbonyl (C=O) groups excluding carboxylic acids is 1. The van der Waals surface area contributed by atoms with Crippen molar-refractivity contribution in [3.05, 3.63) is 80.3 Å². The van der Waals surface area contributed by atoms with Gasteiger partial charge in [-0.05, 0) is 29.5 Å². The molecule has 0 radical (unpaired) electrons. The van der Waals surface area contributed by atoms with Gasteiger partial charge in [-0.25, -0.2) is 9.78 Å². The van der Waals surface area contributed by atoms with Crippen LogP contribution in [0.2, 0.25) is 0 Å². The van der Waals surface area contributed by atoms with Gasteiger partial charge in [0.25, 0.3) is 11.1 Å². The Hall–Kier alpha value is -3.59. The first-order valence-electron chi connectivity index (χ1n) is 10.3. The molecule has 3 aromatic heterocycles. The van der Waals surface area contributed by atoms with E-state index in [1.165, 1.54) is 10.7 Å². The fraction of sp³-hybridized carbons (Fsp3) is 0.261. The van der Waals surface area contributed by atoms with E-state index < -0.39 is 0 Å². The number of aromatic amines is 1. The fourth-order valence-electron chi connectivity index (χ4n) is 3.46. The Morgan fingerprint density at radius 1 is 1.09 bits per heavy atom. The van der Waals surface area contributed by atoms with Crippen molar-refractivity contribution in [1.29, 1.82) is 0 Å². The molecule has 0 bridgehead atoms. The molecular formula is C23H23N5O3S. The zero-order valence-electron chi connectivity index (χ0n) is 17.7. The van der Waals surface area contributed by atoms with Crippen LogP contribution in [0.3, 0.4) is 0 Å². The SMILES string of the molecule is CC(C)[C@@H](Cn1nc(-c2cccs2)ccc1=O)NC(=O)Cc1n[nH]c(=O)c2ccccc12. The van der Waals surface area contributed by atoms with Crippen molar-refractivity contribution in [2.45, 2.75) is 32.9 Å². The number of nitrogens with one attached hydrogen (secondary N) is 2. The molecule has 0 aliphatic heterocycles. The molecule has 0 saturated heterocycles. The Kier molecular flexibility index (Phi) is 6.27. The van der Waals surface area contributed by atoms with Gasteiger partial charge in [-0.15, -0.1) is 11.3 Å². The molecule has 4 aromatic rings. The maximum absolute atomic E-state index is 12.8. The molecule has 4 rings (SSSR count). The van der Waals surface area contributed by atoms with E-state index in [0.29, 0.717) is 16.5 Å². The molecule has 1 atom stereocenters. The lowest BCUT2D eigenvalue weighted by atomic mass is 10.0. The molecule has 32 heavy (non-hydrogen) atoms. The molecule has 0 aliphatic carbocycles. The van der Waals surface area contributed by atoms with Crippen molar-refractivity contribution in [2.75, 3.05) is 0 Å². The maximum Gasteiger partial charge on any atom is 0.272 e. The summed E-state index contributed by atoms with van der Waals surface area (Å²) in [4.78, 5) is 38.2. The van der Waals surface area contributed by atoms with Crippen molar-refractivity contribution in [3.63, 3.8) is 0 Å². The van der Waals surface area contributed by atoms with Crippen LogP contribution in [0.25, 0.3) is 21.3 Å². The Labute approximate surface area is 187 Å². The average Bonchev–Trinajstić information content (AvgIpc) is 3.32. The quantitative estimate of drug-likeness (QED) is 0.451. The predicted molar refractivity (Wildman–Crippen MR) is 125 cm³/mol. The molecule has 8 nitrogen and oxygen atoms in total. The van der Waals surface area contributed by atoms with E-state index in [2.05, 4.69) is 20.6 Å². The van der Waals surface area contributed by atoms with E-state index in [1.807, 2.05) is 31.4 Å². The second kappa shape index (κ2) is 9.27. The van der Waals surface area contributed by atoms with E-state index >= 15 is 0 Å². The number of nitrogens with zero attached hydrogens (tertiary/aromatic N) is 3. The molecule has 0 aliphatic rings. The highest BCUT2D eigenvalue weighted by Crippen LogP contribution is 2.21. The number of amides is 1. The smallest absolute Gasteiger partial charge is 0.272 e. The lowest BCUT2D eigenvalue weighted by Crippen LogP contribution is -2.44. The van der Waals surface area contributed by atoms with Crippen molar-refractivity contribution in [1.82, 2.24) is 25.3 Å². The first-order valence-corrected chi connectivity index (χ1v) is 11.2. The number of benzene rings is 1. The molecule has 9 heteroatoms. The van der Waals surface area contributed by atoms with Gasteiger partial charge in [-0.3, -0.25) is 14.4 Å². The Morgan fingerprint density at radius 2 is 1.88 bits per heavy atom. The van der Waals surface area contributed by atoms with Crippen molar-refractivity contribution in [2.24, 2.45) is 5.92 Å². The van der Waals surface area contributed by atoms with Crippen LogP contribution in [0, 0.1) is 5.92 Å². The molecule has 0 saturated carbocycles. The first-order chi connectivity index (χ1) is 15.4. The van der Waals surface area contributed by atoms with Crippen LogP contribution in [-0.2, 0) is 17.8 Å². The summed E-state index contributed by atoms with van der Waals surface area (Å²) >= 11 is 1.55. The van der Waals surface area contributed by atoms with Crippen molar-refractivity contribution >= 4 is 28.0 Å². The lowest BCUT2D eigenvalue weighted by molar-refractivity contribution is -0.121. The second-order valence-corrected chi connectivity index (χ2v) is 8.80.